The first-order chi connectivity index (χ1) is 8.36. The van der Waals surface area contributed by atoms with Gasteiger partial charge in [0.2, 0.25) is 0 Å². The molecule has 1 N–H and O–H groups in total. The minimum absolute atomic E-state index is 0.759. The summed E-state index contributed by atoms with van der Waals surface area (Å²) in [6.07, 6.45) is 6.96. The Kier molecular flexibility index (Phi) is 7.32. The second kappa shape index (κ2) is 8.94. The van der Waals surface area contributed by atoms with E-state index in [1.807, 2.05) is 24.3 Å². The van der Waals surface area contributed by atoms with Gasteiger partial charge in [0.25, 0.3) is 0 Å². The van der Waals surface area contributed by atoms with Gasteiger partial charge in [-0.1, -0.05) is 37.6 Å². The zero-order chi connectivity index (χ0) is 12.3. The zero-order valence-electron chi connectivity index (χ0n) is 10.7. The molecule has 0 saturated carbocycles. The molecule has 17 heavy (non-hydrogen) atoms. The van der Waals surface area contributed by atoms with Gasteiger partial charge in [-0.2, -0.15) is 0 Å². The normalized spacial score (nSPS) is 10.4. The maximum atomic E-state index is 10.5. The summed E-state index contributed by atoms with van der Waals surface area (Å²) in [7, 11) is 0. The van der Waals surface area contributed by atoms with Gasteiger partial charge in [0.15, 0.2) is 0 Å². The molecule has 1 aromatic rings. The maximum absolute atomic E-state index is 10.5. The Balaban J connectivity index is 2.07. The van der Waals surface area contributed by atoms with E-state index >= 15 is 0 Å². The number of aldehydes is 1. The number of benzene rings is 1. The molecule has 0 amide bonds. The van der Waals surface area contributed by atoms with E-state index in [0.717, 1.165) is 31.4 Å². The average molecular weight is 233 g/mol. The van der Waals surface area contributed by atoms with Gasteiger partial charge in [0.1, 0.15) is 6.29 Å². The van der Waals surface area contributed by atoms with Gasteiger partial charge in [-0.3, -0.25) is 4.79 Å². The van der Waals surface area contributed by atoms with Gasteiger partial charge in [0.05, 0.1) is 0 Å². The number of unbranched alkanes of at least 4 members (excludes halogenated alkanes) is 2. The zero-order valence-corrected chi connectivity index (χ0v) is 10.7. The molecule has 1 aromatic carbocycles. The third-order valence-electron chi connectivity index (χ3n) is 2.89. The highest BCUT2D eigenvalue weighted by Crippen LogP contribution is 2.06. The molecule has 1 rings (SSSR count). The maximum Gasteiger partial charge on any atom is 0.150 e. The van der Waals surface area contributed by atoms with Crippen LogP contribution in [-0.4, -0.2) is 19.4 Å². The number of carbonyl (C=O) groups excluding carboxylic acids is 1. The third kappa shape index (κ3) is 6.22. The summed E-state index contributed by atoms with van der Waals surface area (Å²) in [5.41, 5.74) is 2.08. The molecule has 0 aliphatic heterocycles. The predicted octanol–water partition coefficient (Wildman–Crippen LogP) is 3.21. The topological polar surface area (TPSA) is 29.1 Å². The molecule has 0 unspecified atom stereocenters. The van der Waals surface area contributed by atoms with Crippen LogP contribution in [0.3, 0.4) is 0 Å². The molecule has 0 fully saturated rings. The van der Waals surface area contributed by atoms with Gasteiger partial charge in [-0.05, 0) is 44.3 Å². The number of rotatable bonds is 9. The lowest BCUT2D eigenvalue weighted by Gasteiger charge is -2.04. The lowest BCUT2D eigenvalue weighted by Crippen LogP contribution is -2.16. The van der Waals surface area contributed by atoms with Gasteiger partial charge >= 0.3 is 0 Å². The van der Waals surface area contributed by atoms with Crippen molar-refractivity contribution in [1.82, 2.24) is 5.32 Å². The van der Waals surface area contributed by atoms with Gasteiger partial charge in [0, 0.05) is 5.56 Å². The summed E-state index contributed by atoms with van der Waals surface area (Å²) in [5, 5.41) is 3.44. The van der Waals surface area contributed by atoms with Crippen molar-refractivity contribution in [3.63, 3.8) is 0 Å². The molecular formula is C15H23NO. The summed E-state index contributed by atoms with van der Waals surface area (Å²) >= 11 is 0. The smallest absolute Gasteiger partial charge is 0.150 e. The molecular weight excluding hydrogens is 210 g/mol. The third-order valence-corrected chi connectivity index (χ3v) is 2.89. The van der Waals surface area contributed by atoms with E-state index in [4.69, 9.17) is 0 Å². The molecule has 94 valence electrons. The Morgan fingerprint density at radius 1 is 1.06 bits per heavy atom. The number of hydrogen-bond donors (Lipinski definition) is 1. The molecule has 0 bridgehead atoms. The minimum atomic E-state index is 0.759. The Hall–Kier alpha value is -1.15. The number of carbonyl (C=O) groups is 1. The highest BCUT2D eigenvalue weighted by molar-refractivity contribution is 5.74. The predicted molar refractivity (Wildman–Crippen MR) is 72.5 cm³/mol. The summed E-state index contributed by atoms with van der Waals surface area (Å²) in [6, 6.07) is 7.88. The Bertz CT molecular complexity index is 305. The fourth-order valence-corrected chi connectivity index (χ4v) is 1.77. The van der Waals surface area contributed by atoms with Crippen LogP contribution in [0.15, 0.2) is 24.3 Å². The molecule has 0 saturated heterocycles. The van der Waals surface area contributed by atoms with Crippen molar-refractivity contribution in [1.29, 1.82) is 0 Å². The second-order valence-electron chi connectivity index (χ2n) is 4.42. The molecule has 0 atom stereocenters. The molecule has 0 heterocycles. The second-order valence-corrected chi connectivity index (χ2v) is 4.42. The SMILES string of the molecule is CCCCNCCCCc1ccc(C=O)cc1. The highest BCUT2D eigenvalue weighted by atomic mass is 16.1. The monoisotopic (exact) mass is 233 g/mol. The van der Waals surface area contributed by atoms with Gasteiger partial charge < -0.3 is 5.32 Å². The van der Waals surface area contributed by atoms with E-state index in [1.165, 1.54) is 31.2 Å². The van der Waals surface area contributed by atoms with Crippen LogP contribution in [0.2, 0.25) is 0 Å². The van der Waals surface area contributed by atoms with E-state index in [1.54, 1.807) is 0 Å². The van der Waals surface area contributed by atoms with Gasteiger partial charge in [-0.15, -0.1) is 0 Å². The Morgan fingerprint density at radius 2 is 1.76 bits per heavy atom. The fourth-order valence-electron chi connectivity index (χ4n) is 1.77. The molecule has 2 heteroatoms. The molecule has 2 nitrogen and oxygen atoms in total. The van der Waals surface area contributed by atoms with Crippen LogP contribution in [0.1, 0.15) is 48.5 Å². The van der Waals surface area contributed by atoms with Crippen LogP contribution in [0.5, 0.6) is 0 Å². The summed E-state index contributed by atoms with van der Waals surface area (Å²) < 4.78 is 0. The van der Waals surface area contributed by atoms with Crippen LogP contribution in [0.25, 0.3) is 0 Å². The van der Waals surface area contributed by atoms with Crippen molar-refractivity contribution < 1.29 is 4.79 Å². The van der Waals surface area contributed by atoms with Crippen molar-refractivity contribution in [2.75, 3.05) is 13.1 Å². The van der Waals surface area contributed by atoms with Crippen molar-refractivity contribution in [3.8, 4) is 0 Å². The van der Waals surface area contributed by atoms with E-state index < -0.39 is 0 Å². The minimum Gasteiger partial charge on any atom is -0.317 e. The molecule has 0 aromatic heterocycles. The summed E-state index contributed by atoms with van der Waals surface area (Å²) in [6.45, 7) is 4.47. The van der Waals surface area contributed by atoms with E-state index in [9.17, 15) is 4.79 Å². The van der Waals surface area contributed by atoms with Crippen LogP contribution >= 0.6 is 0 Å². The lowest BCUT2D eigenvalue weighted by atomic mass is 10.1. The first kappa shape index (κ1) is 13.9. The Morgan fingerprint density at radius 3 is 2.41 bits per heavy atom. The van der Waals surface area contributed by atoms with Crippen molar-refractivity contribution in [2.24, 2.45) is 0 Å². The number of hydrogen-bond acceptors (Lipinski definition) is 2. The van der Waals surface area contributed by atoms with Crippen LogP contribution in [0.4, 0.5) is 0 Å². The average Bonchev–Trinajstić information content (AvgIpc) is 2.38. The standard InChI is InChI=1S/C15H23NO/c1-2-3-11-16-12-5-4-6-14-7-9-15(13-17)10-8-14/h7-10,13,16H,2-6,11-12H2,1H3. The van der Waals surface area contributed by atoms with Crippen molar-refractivity contribution >= 4 is 6.29 Å². The number of nitrogens with one attached hydrogen (secondary N) is 1. The van der Waals surface area contributed by atoms with Crippen LogP contribution in [0, 0.1) is 0 Å². The first-order valence-electron chi connectivity index (χ1n) is 6.61. The first-order valence-corrected chi connectivity index (χ1v) is 6.61. The Labute approximate surface area is 104 Å². The lowest BCUT2D eigenvalue weighted by molar-refractivity contribution is 0.112. The van der Waals surface area contributed by atoms with E-state index in [-0.39, 0.29) is 0 Å². The quantitative estimate of drug-likeness (QED) is 0.524. The fraction of sp³-hybridized carbons (Fsp3) is 0.533. The van der Waals surface area contributed by atoms with Gasteiger partial charge in [-0.25, -0.2) is 0 Å². The van der Waals surface area contributed by atoms with E-state index in [0.29, 0.717) is 0 Å². The molecule has 0 aliphatic rings. The van der Waals surface area contributed by atoms with Crippen LogP contribution in [-0.2, 0) is 6.42 Å². The largest absolute Gasteiger partial charge is 0.317 e. The van der Waals surface area contributed by atoms with Crippen LogP contribution < -0.4 is 5.32 Å². The summed E-state index contributed by atoms with van der Waals surface area (Å²) in [5.74, 6) is 0. The molecule has 0 spiro atoms. The highest BCUT2D eigenvalue weighted by Gasteiger charge is 1.94. The van der Waals surface area contributed by atoms with Crippen molar-refractivity contribution in [3.05, 3.63) is 35.4 Å². The molecule has 0 aliphatic carbocycles. The van der Waals surface area contributed by atoms with Crippen molar-refractivity contribution in [2.45, 2.75) is 39.0 Å². The summed E-state index contributed by atoms with van der Waals surface area (Å²) in [4.78, 5) is 10.5. The van der Waals surface area contributed by atoms with E-state index in [2.05, 4.69) is 12.2 Å². The molecule has 0 radical (unpaired) electrons. The number of aryl methyl sites for hydroxylation is 1.